The average Bonchev–Trinajstić information content (AvgIpc) is 3.30. The highest BCUT2D eigenvalue weighted by Crippen LogP contribution is 2.07. The van der Waals surface area contributed by atoms with Crippen molar-refractivity contribution >= 4 is 23.8 Å². The van der Waals surface area contributed by atoms with Crippen LogP contribution in [0.15, 0.2) is 12.5 Å². The largest absolute Gasteiger partial charge is 0.481 e. The molecule has 1 aromatic rings. The monoisotopic (exact) mass is 381 g/mol. The summed E-state index contributed by atoms with van der Waals surface area (Å²) in [5, 5.41) is 25.9. The minimum Gasteiger partial charge on any atom is -0.481 e. The Morgan fingerprint density at radius 3 is 2.56 bits per heavy atom. The average molecular weight is 381 g/mol. The number of aliphatic carboxylic acids is 2. The third-order valence-electron chi connectivity index (χ3n) is 4.25. The lowest BCUT2D eigenvalue weighted by atomic mass is 10.1. The summed E-state index contributed by atoms with van der Waals surface area (Å²) in [5.74, 6) is -3.54. The second-order valence-electron chi connectivity index (χ2n) is 6.32. The summed E-state index contributed by atoms with van der Waals surface area (Å²) in [4.78, 5) is 53.6. The van der Waals surface area contributed by atoms with Crippen molar-refractivity contribution < 1.29 is 29.4 Å². The number of carboxylic acid groups (broad SMARTS) is 2. The summed E-state index contributed by atoms with van der Waals surface area (Å²) in [7, 11) is 0. The molecule has 1 aliphatic heterocycles. The van der Waals surface area contributed by atoms with Gasteiger partial charge in [0, 0.05) is 24.7 Å². The Labute approximate surface area is 154 Å². The molecule has 3 atom stereocenters. The molecule has 0 aromatic carbocycles. The fourth-order valence-corrected chi connectivity index (χ4v) is 2.80. The molecule has 11 nitrogen and oxygen atoms in total. The molecule has 0 radical (unpaired) electrons. The second kappa shape index (κ2) is 9.67. The van der Waals surface area contributed by atoms with Gasteiger partial charge in [0.15, 0.2) is 0 Å². The fourth-order valence-electron chi connectivity index (χ4n) is 2.80. The fraction of sp³-hybridized carbons (Fsp3) is 0.562. The zero-order valence-corrected chi connectivity index (χ0v) is 14.6. The van der Waals surface area contributed by atoms with Crippen molar-refractivity contribution in [3.63, 3.8) is 0 Å². The van der Waals surface area contributed by atoms with Crippen molar-refractivity contribution in [2.75, 3.05) is 6.54 Å². The number of hydrogen-bond acceptors (Lipinski definition) is 6. The van der Waals surface area contributed by atoms with Gasteiger partial charge in [0.1, 0.15) is 12.1 Å². The van der Waals surface area contributed by atoms with Crippen molar-refractivity contribution in [3.05, 3.63) is 18.2 Å². The molecule has 0 spiro atoms. The Bertz CT molecular complexity index is 671. The van der Waals surface area contributed by atoms with Crippen LogP contribution < -0.4 is 16.0 Å². The van der Waals surface area contributed by atoms with Crippen LogP contribution in [0, 0.1) is 0 Å². The number of aromatic amines is 1. The number of nitrogens with one attached hydrogen (secondary N) is 4. The number of imidazole rings is 1. The first-order valence-electron chi connectivity index (χ1n) is 8.62. The lowest BCUT2D eigenvalue weighted by Gasteiger charge is -2.22. The highest BCUT2D eigenvalue weighted by Gasteiger charge is 2.30. The van der Waals surface area contributed by atoms with Crippen LogP contribution in [-0.2, 0) is 25.6 Å². The van der Waals surface area contributed by atoms with Gasteiger partial charge < -0.3 is 31.1 Å². The minimum atomic E-state index is -1.36. The van der Waals surface area contributed by atoms with Gasteiger partial charge in [0.2, 0.25) is 11.8 Å². The minimum absolute atomic E-state index is 0.0928. The van der Waals surface area contributed by atoms with Crippen molar-refractivity contribution in [3.8, 4) is 0 Å². The number of carbonyl (C=O) groups is 4. The van der Waals surface area contributed by atoms with Gasteiger partial charge in [-0.3, -0.25) is 14.4 Å². The van der Waals surface area contributed by atoms with Gasteiger partial charge >= 0.3 is 11.9 Å². The van der Waals surface area contributed by atoms with Crippen molar-refractivity contribution in [2.24, 2.45) is 0 Å². The Morgan fingerprint density at radius 1 is 1.22 bits per heavy atom. The van der Waals surface area contributed by atoms with Crippen LogP contribution in [0.4, 0.5) is 0 Å². The molecule has 0 bridgehead atoms. The van der Waals surface area contributed by atoms with Gasteiger partial charge in [-0.25, -0.2) is 9.78 Å². The first-order chi connectivity index (χ1) is 12.9. The number of aromatic nitrogens is 2. The quantitative estimate of drug-likeness (QED) is 0.288. The maximum absolute atomic E-state index is 12.6. The number of carbonyl (C=O) groups excluding carboxylic acids is 2. The first kappa shape index (κ1) is 20.4. The van der Waals surface area contributed by atoms with Gasteiger partial charge in [0.05, 0.1) is 12.4 Å². The van der Waals surface area contributed by atoms with E-state index >= 15 is 0 Å². The molecule has 1 fully saturated rings. The molecule has 2 rings (SSSR count). The first-order valence-corrected chi connectivity index (χ1v) is 8.62. The number of rotatable bonds is 10. The third kappa shape index (κ3) is 6.37. The zero-order chi connectivity index (χ0) is 19.8. The van der Waals surface area contributed by atoms with Crippen LogP contribution in [0.3, 0.4) is 0 Å². The summed E-state index contributed by atoms with van der Waals surface area (Å²) in [6, 6.07) is -2.78. The molecule has 0 saturated carbocycles. The Balaban J connectivity index is 2.05. The van der Waals surface area contributed by atoms with E-state index in [1.807, 2.05) is 0 Å². The molecular formula is C16H23N5O6. The molecule has 0 aliphatic carbocycles. The second-order valence-corrected chi connectivity index (χ2v) is 6.32. The van der Waals surface area contributed by atoms with Gasteiger partial charge in [-0.1, -0.05) is 0 Å². The maximum atomic E-state index is 12.6. The molecule has 1 saturated heterocycles. The van der Waals surface area contributed by atoms with E-state index in [9.17, 15) is 24.3 Å². The van der Waals surface area contributed by atoms with Crippen molar-refractivity contribution in [1.82, 2.24) is 25.9 Å². The van der Waals surface area contributed by atoms with E-state index in [2.05, 4.69) is 25.9 Å². The number of carboxylic acids is 2. The number of amides is 2. The summed E-state index contributed by atoms with van der Waals surface area (Å²) in [6.07, 6.45) is 3.87. The Morgan fingerprint density at radius 2 is 2.00 bits per heavy atom. The van der Waals surface area contributed by atoms with Crippen LogP contribution in [0.5, 0.6) is 0 Å². The summed E-state index contributed by atoms with van der Waals surface area (Å²) in [5.41, 5.74) is 0.590. The third-order valence-corrected chi connectivity index (χ3v) is 4.25. The van der Waals surface area contributed by atoms with Gasteiger partial charge in [-0.15, -0.1) is 0 Å². The molecular weight excluding hydrogens is 358 g/mol. The van der Waals surface area contributed by atoms with Gasteiger partial charge in [0.25, 0.3) is 0 Å². The SMILES string of the molecule is O=C(O)CC[C@H](NC(=O)[C@H](Cc1cnc[nH]1)NC(=O)[C@@H]1CCCN1)C(=O)O. The lowest BCUT2D eigenvalue weighted by Crippen LogP contribution is -2.55. The smallest absolute Gasteiger partial charge is 0.326 e. The predicted molar refractivity (Wildman–Crippen MR) is 91.7 cm³/mol. The molecule has 0 unspecified atom stereocenters. The normalized spacial score (nSPS) is 18.4. The van der Waals surface area contributed by atoms with Crippen LogP contribution in [0.25, 0.3) is 0 Å². The van der Waals surface area contributed by atoms with Crippen LogP contribution in [0.1, 0.15) is 31.4 Å². The number of hydrogen-bond donors (Lipinski definition) is 6. The standard InChI is InChI=1S/C16H23N5O6/c22-13(23)4-3-11(16(26)27)20-15(25)12(6-9-7-17-8-19-9)21-14(24)10-2-1-5-18-10/h7-8,10-12,18H,1-6H2,(H,17,19)(H,20,25)(H,21,24)(H,22,23)(H,26,27)/t10-,11-,12-/m0/s1. The van der Waals surface area contributed by atoms with E-state index in [1.165, 1.54) is 12.5 Å². The Hall–Kier alpha value is -2.95. The molecule has 1 aromatic heterocycles. The van der Waals surface area contributed by atoms with E-state index in [0.29, 0.717) is 18.7 Å². The van der Waals surface area contributed by atoms with Crippen LogP contribution in [-0.4, -0.2) is 68.6 Å². The van der Waals surface area contributed by atoms with Gasteiger partial charge in [-0.05, 0) is 25.8 Å². The molecule has 11 heteroatoms. The summed E-state index contributed by atoms with van der Waals surface area (Å²) >= 11 is 0. The molecule has 148 valence electrons. The van der Waals surface area contributed by atoms with E-state index in [1.54, 1.807) is 0 Å². The molecule has 6 N–H and O–H groups in total. The molecule has 27 heavy (non-hydrogen) atoms. The van der Waals surface area contributed by atoms with E-state index < -0.39 is 42.4 Å². The van der Waals surface area contributed by atoms with Crippen LogP contribution >= 0.6 is 0 Å². The van der Waals surface area contributed by atoms with Crippen molar-refractivity contribution in [1.29, 1.82) is 0 Å². The molecule has 1 aliphatic rings. The van der Waals surface area contributed by atoms with E-state index in [4.69, 9.17) is 5.11 Å². The highest BCUT2D eigenvalue weighted by molar-refractivity contribution is 5.92. The van der Waals surface area contributed by atoms with Gasteiger partial charge in [-0.2, -0.15) is 0 Å². The summed E-state index contributed by atoms with van der Waals surface area (Å²) < 4.78 is 0. The zero-order valence-electron chi connectivity index (χ0n) is 14.6. The number of H-pyrrole nitrogens is 1. The highest BCUT2D eigenvalue weighted by atomic mass is 16.4. The van der Waals surface area contributed by atoms with E-state index in [0.717, 1.165) is 6.42 Å². The predicted octanol–water partition coefficient (Wildman–Crippen LogP) is -1.38. The maximum Gasteiger partial charge on any atom is 0.326 e. The van der Waals surface area contributed by atoms with Crippen LogP contribution in [0.2, 0.25) is 0 Å². The van der Waals surface area contributed by atoms with E-state index in [-0.39, 0.29) is 18.7 Å². The number of nitrogens with zero attached hydrogens (tertiary/aromatic N) is 1. The summed E-state index contributed by atoms with van der Waals surface area (Å²) in [6.45, 7) is 0.714. The van der Waals surface area contributed by atoms with Crippen molar-refractivity contribution in [2.45, 2.75) is 50.2 Å². The molecule has 2 amide bonds. The molecule has 2 heterocycles. The lowest BCUT2D eigenvalue weighted by molar-refractivity contribution is -0.143. The topological polar surface area (TPSA) is 174 Å². The Kier molecular flexibility index (Phi) is 7.29.